The summed E-state index contributed by atoms with van der Waals surface area (Å²) in [4.78, 5) is 33.8. The highest BCUT2D eigenvalue weighted by Gasteiger charge is 2.31. The molecule has 2 amide bonds. The molecule has 5 rings (SSSR count). The zero-order chi connectivity index (χ0) is 23.8. The number of halogens is 1. The summed E-state index contributed by atoms with van der Waals surface area (Å²) >= 11 is 7.94. The fourth-order valence-electron chi connectivity index (χ4n) is 4.41. The number of thiophene rings is 1. The number of azide groups is 1. The first kappa shape index (κ1) is 22.6. The van der Waals surface area contributed by atoms with E-state index in [-0.39, 0.29) is 43.3 Å². The van der Waals surface area contributed by atoms with Crippen LogP contribution in [0.5, 0.6) is 5.75 Å². The maximum Gasteiger partial charge on any atom is 0.230 e. The van der Waals surface area contributed by atoms with E-state index in [0.29, 0.717) is 23.9 Å². The van der Waals surface area contributed by atoms with Crippen LogP contribution in [-0.4, -0.2) is 46.9 Å². The molecular formula is C23H21ClN6O3S. The van der Waals surface area contributed by atoms with Gasteiger partial charge in [0.2, 0.25) is 11.8 Å². The van der Waals surface area contributed by atoms with Crippen LogP contribution in [0.3, 0.4) is 0 Å². The van der Waals surface area contributed by atoms with Crippen LogP contribution in [0.25, 0.3) is 31.8 Å². The molecule has 0 spiro atoms. The number of pyridine rings is 1. The Morgan fingerprint density at radius 1 is 1.26 bits per heavy atom. The molecule has 0 unspecified atom stereocenters. The quantitative estimate of drug-likeness (QED) is 0.231. The Morgan fingerprint density at radius 3 is 2.82 bits per heavy atom. The van der Waals surface area contributed by atoms with Gasteiger partial charge in [-0.3, -0.25) is 19.5 Å². The highest BCUT2D eigenvalue weighted by molar-refractivity contribution is 7.19. The van der Waals surface area contributed by atoms with Gasteiger partial charge in [0.05, 0.1) is 22.8 Å². The third-order valence-electron chi connectivity index (χ3n) is 6.06. The third kappa shape index (κ3) is 4.21. The minimum atomic E-state index is -0.311. The standard InChI is InChI=1S/C23H21ClN6O3S/c1-12-6-13(24)7-16(22(12)33-19-10-26-9-18(19)28-29-25)15-4-5-27-17-8-14(34-23(15)17)11-30-20(31)2-3-21(30)32/h4-8,18-19,26H,2-3,9-11H2,1H3/t18-,19+/m0/s1. The molecule has 9 nitrogen and oxygen atoms in total. The number of ether oxygens (including phenoxy) is 1. The summed E-state index contributed by atoms with van der Waals surface area (Å²) in [7, 11) is 0. The zero-order valence-electron chi connectivity index (χ0n) is 18.3. The lowest BCUT2D eigenvalue weighted by molar-refractivity contribution is -0.138. The van der Waals surface area contributed by atoms with Crippen LogP contribution in [0, 0.1) is 6.92 Å². The first-order valence-electron chi connectivity index (χ1n) is 10.9. The monoisotopic (exact) mass is 496 g/mol. The van der Waals surface area contributed by atoms with Gasteiger partial charge in [-0.15, -0.1) is 11.3 Å². The fourth-order valence-corrected chi connectivity index (χ4v) is 5.82. The van der Waals surface area contributed by atoms with E-state index in [2.05, 4.69) is 20.3 Å². The second kappa shape index (κ2) is 9.23. The van der Waals surface area contributed by atoms with Crippen LogP contribution in [0.1, 0.15) is 23.3 Å². The number of carbonyl (C=O) groups excluding carboxylic acids is 2. The third-order valence-corrected chi connectivity index (χ3v) is 7.42. The van der Waals surface area contributed by atoms with Crippen molar-refractivity contribution in [3.8, 4) is 16.9 Å². The molecule has 174 valence electrons. The van der Waals surface area contributed by atoms with Gasteiger partial charge in [0.15, 0.2) is 0 Å². The number of amides is 2. The van der Waals surface area contributed by atoms with Gasteiger partial charge in [-0.2, -0.15) is 0 Å². The zero-order valence-corrected chi connectivity index (χ0v) is 19.9. The summed E-state index contributed by atoms with van der Waals surface area (Å²) in [5, 5.41) is 7.65. The van der Waals surface area contributed by atoms with Crippen molar-refractivity contribution in [3.63, 3.8) is 0 Å². The highest BCUT2D eigenvalue weighted by Crippen LogP contribution is 2.42. The Labute approximate surface area is 204 Å². The van der Waals surface area contributed by atoms with E-state index in [1.165, 1.54) is 16.2 Å². The number of hydrogen-bond acceptors (Lipinski definition) is 7. The van der Waals surface area contributed by atoms with Crippen molar-refractivity contribution in [1.82, 2.24) is 15.2 Å². The Bertz CT molecular complexity index is 1340. The molecule has 3 aromatic rings. The van der Waals surface area contributed by atoms with Gasteiger partial charge in [-0.05, 0) is 42.3 Å². The Hall–Kier alpha value is -3.17. The van der Waals surface area contributed by atoms with Gasteiger partial charge in [0.25, 0.3) is 0 Å². The molecule has 1 aromatic carbocycles. The second-order valence-electron chi connectivity index (χ2n) is 8.35. The molecule has 2 fully saturated rings. The van der Waals surface area contributed by atoms with Crippen LogP contribution in [0.2, 0.25) is 5.02 Å². The number of fused-ring (bicyclic) bond motifs is 1. The van der Waals surface area contributed by atoms with E-state index < -0.39 is 0 Å². The van der Waals surface area contributed by atoms with Crippen molar-refractivity contribution in [3.05, 3.63) is 56.4 Å². The van der Waals surface area contributed by atoms with Crippen molar-refractivity contribution in [1.29, 1.82) is 0 Å². The molecule has 2 aliphatic rings. The molecule has 2 aliphatic heterocycles. The topological polar surface area (TPSA) is 120 Å². The minimum absolute atomic E-state index is 0.142. The van der Waals surface area contributed by atoms with Crippen molar-refractivity contribution in [2.24, 2.45) is 5.11 Å². The Morgan fingerprint density at radius 2 is 2.06 bits per heavy atom. The van der Waals surface area contributed by atoms with Gasteiger partial charge in [0, 0.05) is 58.1 Å². The average molecular weight is 497 g/mol. The predicted octanol–water partition coefficient (Wildman–Crippen LogP) is 4.60. The van der Waals surface area contributed by atoms with Crippen molar-refractivity contribution < 1.29 is 14.3 Å². The molecule has 0 aliphatic carbocycles. The number of nitrogens with one attached hydrogen (secondary N) is 1. The molecule has 0 saturated carbocycles. The molecule has 1 N–H and O–H groups in total. The first-order chi connectivity index (χ1) is 16.4. The van der Waals surface area contributed by atoms with Gasteiger partial charge in [0.1, 0.15) is 11.9 Å². The smallest absolute Gasteiger partial charge is 0.230 e. The maximum atomic E-state index is 12.1. The number of benzene rings is 1. The molecule has 2 aromatic heterocycles. The van der Waals surface area contributed by atoms with Crippen molar-refractivity contribution in [2.45, 2.75) is 38.5 Å². The van der Waals surface area contributed by atoms with E-state index in [4.69, 9.17) is 21.9 Å². The largest absolute Gasteiger partial charge is 0.488 e. The van der Waals surface area contributed by atoms with Gasteiger partial charge < -0.3 is 10.1 Å². The number of nitrogens with zero attached hydrogens (tertiary/aromatic N) is 5. The second-order valence-corrected chi connectivity index (χ2v) is 9.92. The number of hydrogen-bond donors (Lipinski definition) is 1. The molecule has 0 radical (unpaired) electrons. The predicted molar refractivity (Wildman–Crippen MR) is 130 cm³/mol. The molecule has 2 atom stereocenters. The van der Waals surface area contributed by atoms with Crippen LogP contribution in [-0.2, 0) is 16.1 Å². The van der Waals surface area contributed by atoms with E-state index in [1.807, 2.05) is 31.2 Å². The summed E-state index contributed by atoms with van der Waals surface area (Å²) in [6.45, 7) is 3.30. The van der Waals surface area contributed by atoms with E-state index in [1.54, 1.807) is 6.20 Å². The summed E-state index contributed by atoms with van der Waals surface area (Å²) in [5.74, 6) is 0.386. The lowest BCUT2D eigenvalue weighted by Gasteiger charge is -2.21. The van der Waals surface area contributed by atoms with Gasteiger partial charge in [-0.25, -0.2) is 0 Å². The van der Waals surface area contributed by atoms with Gasteiger partial charge >= 0.3 is 0 Å². The van der Waals surface area contributed by atoms with Crippen LogP contribution in [0.4, 0.5) is 0 Å². The molecular weight excluding hydrogens is 476 g/mol. The highest BCUT2D eigenvalue weighted by atomic mass is 35.5. The van der Waals surface area contributed by atoms with Crippen LogP contribution < -0.4 is 10.1 Å². The lowest BCUT2D eigenvalue weighted by Crippen LogP contribution is -2.29. The number of likely N-dealkylation sites (tertiary alicyclic amines) is 1. The van der Waals surface area contributed by atoms with Crippen LogP contribution in [0.15, 0.2) is 35.6 Å². The Kier molecular flexibility index (Phi) is 6.14. The minimum Gasteiger partial charge on any atom is -0.488 e. The number of rotatable bonds is 6. The maximum absolute atomic E-state index is 12.1. The number of aryl methyl sites for hydroxylation is 1. The van der Waals surface area contributed by atoms with E-state index in [0.717, 1.165) is 31.8 Å². The normalized spacial score (nSPS) is 20.2. The summed E-state index contributed by atoms with van der Waals surface area (Å²) < 4.78 is 7.32. The van der Waals surface area contributed by atoms with Crippen molar-refractivity contribution in [2.75, 3.05) is 13.1 Å². The lowest BCUT2D eigenvalue weighted by atomic mass is 10.0. The SMILES string of the molecule is Cc1cc(Cl)cc(-c2ccnc3cc(CN4C(=O)CCC4=O)sc23)c1O[C@@H]1CNC[C@@H]1N=[N+]=[N-]. The number of aromatic nitrogens is 1. The van der Waals surface area contributed by atoms with E-state index >= 15 is 0 Å². The molecule has 11 heteroatoms. The fraction of sp³-hybridized carbons (Fsp3) is 0.348. The van der Waals surface area contributed by atoms with Crippen molar-refractivity contribution >= 4 is 45.0 Å². The molecule has 4 heterocycles. The number of carbonyl (C=O) groups is 2. The van der Waals surface area contributed by atoms with Gasteiger partial charge in [-0.1, -0.05) is 16.7 Å². The molecule has 34 heavy (non-hydrogen) atoms. The summed E-state index contributed by atoms with van der Waals surface area (Å²) in [5.41, 5.74) is 12.2. The average Bonchev–Trinajstić information content (AvgIpc) is 3.51. The van der Waals surface area contributed by atoms with E-state index in [9.17, 15) is 9.59 Å². The Balaban J connectivity index is 1.55. The van der Waals surface area contributed by atoms with Crippen LogP contribution >= 0.6 is 22.9 Å². The molecule has 0 bridgehead atoms. The number of imide groups is 1. The molecule has 2 saturated heterocycles. The first-order valence-corrected chi connectivity index (χ1v) is 12.1. The summed E-state index contributed by atoms with van der Waals surface area (Å²) in [6, 6.07) is 7.21. The summed E-state index contributed by atoms with van der Waals surface area (Å²) in [6.07, 6.45) is 1.95.